The third-order valence-corrected chi connectivity index (χ3v) is 3.92. The van der Waals surface area contributed by atoms with Crippen LogP contribution in [0.4, 0.5) is 0 Å². The molecule has 1 saturated heterocycles. The fourth-order valence-corrected chi connectivity index (χ4v) is 2.48. The molecule has 1 fully saturated rings. The van der Waals surface area contributed by atoms with E-state index in [1.54, 1.807) is 15.9 Å². The number of hydrogen-bond donors (Lipinski definition) is 1. The molecule has 0 bridgehead atoms. The zero-order valence-electron chi connectivity index (χ0n) is 14.4. The molecule has 24 heavy (non-hydrogen) atoms. The molecule has 0 spiro atoms. The van der Waals surface area contributed by atoms with E-state index in [0.717, 1.165) is 0 Å². The molecule has 0 atom stereocenters. The van der Waals surface area contributed by atoms with Gasteiger partial charge in [-0.2, -0.15) is 0 Å². The lowest BCUT2D eigenvalue weighted by Crippen LogP contribution is -2.50. The number of hydrogen-bond acceptors (Lipinski definition) is 4. The van der Waals surface area contributed by atoms with Gasteiger partial charge in [-0.1, -0.05) is 13.8 Å². The van der Waals surface area contributed by atoms with Crippen LogP contribution in [0.2, 0.25) is 0 Å². The number of nitrogens with one attached hydrogen (secondary N) is 1. The Kier molecular flexibility index (Phi) is 5.89. The van der Waals surface area contributed by atoms with Crippen molar-refractivity contribution in [2.45, 2.75) is 20.8 Å². The second kappa shape index (κ2) is 7.90. The Morgan fingerprint density at radius 3 is 2.38 bits per heavy atom. The molecule has 0 unspecified atom stereocenters. The van der Waals surface area contributed by atoms with Gasteiger partial charge in [-0.15, -0.1) is 0 Å². The quantitative estimate of drug-likeness (QED) is 0.883. The first kappa shape index (κ1) is 17.9. The third kappa shape index (κ3) is 4.53. The summed E-state index contributed by atoms with van der Waals surface area (Å²) < 4.78 is 0. The number of pyridine rings is 1. The highest BCUT2D eigenvalue weighted by Gasteiger charge is 2.23. The smallest absolute Gasteiger partial charge is 0.269 e. The molecule has 7 heteroatoms. The molecule has 1 aliphatic heterocycles. The topological polar surface area (TPSA) is 82.6 Å². The molecule has 0 radical (unpaired) electrons. The maximum Gasteiger partial charge on any atom is 0.269 e. The Morgan fingerprint density at radius 1 is 1.17 bits per heavy atom. The number of carbonyl (C=O) groups excluding carboxylic acids is 3. The monoisotopic (exact) mass is 332 g/mol. The van der Waals surface area contributed by atoms with E-state index in [9.17, 15) is 14.4 Å². The van der Waals surface area contributed by atoms with Crippen LogP contribution in [-0.2, 0) is 4.79 Å². The van der Waals surface area contributed by atoms with Gasteiger partial charge >= 0.3 is 0 Å². The number of rotatable bonds is 4. The molecule has 2 heterocycles. The highest BCUT2D eigenvalue weighted by molar-refractivity contribution is 5.98. The van der Waals surface area contributed by atoms with E-state index < -0.39 is 0 Å². The predicted molar refractivity (Wildman–Crippen MR) is 89.6 cm³/mol. The highest BCUT2D eigenvalue weighted by Crippen LogP contribution is 2.10. The Morgan fingerprint density at radius 2 is 1.79 bits per heavy atom. The number of nitrogens with zero attached hydrogens (tertiary/aromatic N) is 3. The van der Waals surface area contributed by atoms with Crippen LogP contribution in [0.5, 0.6) is 0 Å². The number of amides is 3. The van der Waals surface area contributed by atoms with Gasteiger partial charge in [-0.3, -0.25) is 19.4 Å². The summed E-state index contributed by atoms with van der Waals surface area (Å²) in [6.45, 7) is 8.17. The van der Waals surface area contributed by atoms with E-state index >= 15 is 0 Å². The highest BCUT2D eigenvalue weighted by atomic mass is 16.2. The molecular weight excluding hydrogens is 308 g/mol. The van der Waals surface area contributed by atoms with Crippen LogP contribution in [0.25, 0.3) is 0 Å². The van der Waals surface area contributed by atoms with E-state index in [2.05, 4.69) is 10.3 Å². The van der Waals surface area contributed by atoms with Crippen LogP contribution in [0.15, 0.2) is 18.3 Å². The molecule has 130 valence electrons. The molecule has 0 aliphatic carbocycles. The summed E-state index contributed by atoms with van der Waals surface area (Å²) in [7, 11) is 0. The normalized spacial score (nSPS) is 14.7. The Balaban J connectivity index is 2.02. The van der Waals surface area contributed by atoms with Crippen molar-refractivity contribution in [3.63, 3.8) is 0 Å². The minimum absolute atomic E-state index is 0.0233. The lowest BCUT2D eigenvalue weighted by molar-refractivity contribution is -0.130. The number of aromatic nitrogens is 1. The van der Waals surface area contributed by atoms with Crippen LogP contribution in [-0.4, -0.2) is 65.2 Å². The third-order valence-electron chi connectivity index (χ3n) is 3.92. The van der Waals surface area contributed by atoms with Gasteiger partial charge < -0.3 is 15.1 Å². The van der Waals surface area contributed by atoms with Crippen molar-refractivity contribution in [3.05, 3.63) is 29.6 Å². The van der Waals surface area contributed by atoms with Gasteiger partial charge in [0.2, 0.25) is 5.91 Å². The van der Waals surface area contributed by atoms with E-state index in [1.807, 2.05) is 13.8 Å². The minimum Gasteiger partial charge on any atom is -0.350 e. The standard InChI is InChI=1S/C17H24N4O3/c1-12(2)11-19-16(23)15-10-14(4-5-18-15)17(24)21-8-6-20(7-9-21)13(3)22/h4-5,10,12H,6-9,11H2,1-3H3,(H,19,23). The molecule has 1 aliphatic rings. The van der Waals surface area contributed by atoms with Gasteiger partial charge in [0, 0.05) is 51.4 Å². The van der Waals surface area contributed by atoms with E-state index in [-0.39, 0.29) is 23.4 Å². The maximum absolute atomic E-state index is 12.6. The molecular formula is C17H24N4O3. The SMILES string of the molecule is CC(=O)N1CCN(C(=O)c2ccnc(C(=O)NCC(C)C)c2)CC1. The van der Waals surface area contributed by atoms with Crippen LogP contribution in [0.1, 0.15) is 41.6 Å². The van der Waals surface area contributed by atoms with E-state index in [1.165, 1.54) is 19.2 Å². The maximum atomic E-state index is 12.6. The van der Waals surface area contributed by atoms with Gasteiger partial charge in [0.1, 0.15) is 5.69 Å². The van der Waals surface area contributed by atoms with Gasteiger partial charge in [0.25, 0.3) is 11.8 Å². The molecule has 1 aromatic heterocycles. The fourth-order valence-electron chi connectivity index (χ4n) is 2.48. The van der Waals surface area contributed by atoms with Crippen LogP contribution in [0, 0.1) is 5.92 Å². The Labute approximate surface area is 142 Å². The molecule has 2 rings (SSSR count). The summed E-state index contributed by atoms with van der Waals surface area (Å²) in [4.78, 5) is 43.5. The van der Waals surface area contributed by atoms with Crippen molar-refractivity contribution in [1.29, 1.82) is 0 Å². The molecule has 0 saturated carbocycles. The summed E-state index contributed by atoms with van der Waals surface area (Å²) >= 11 is 0. The zero-order chi connectivity index (χ0) is 17.7. The average Bonchev–Trinajstić information content (AvgIpc) is 2.59. The lowest BCUT2D eigenvalue weighted by Gasteiger charge is -2.34. The van der Waals surface area contributed by atoms with Crippen molar-refractivity contribution in [1.82, 2.24) is 20.1 Å². The number of carbonyl (C=O) groups is 3. The largest absolute Gasteiger partial charge is 0.350 e. The van der Waals surface area contributed by atoms with Crippen molar-refractivity contribution in [3.8, 4) is 0 Å². The van der Waals surface area contributed by atoms with Crippen molar-refractivity contribution in [2.75, 3.05) is 32.7 Å². The lowest BCUT2D eigenvalue weighted by atomic mass is 10.1. The summed E-state index contributed by atoms with van der Waals surface area (Å²) in [5.74, 6) is -0.0512. The summed E-state index contributed by atoms with van der Waals surface area (Å²) in [6, 6.07) is 3.13. The van der Waals surface area contributed by atoms with Crippen molar-refractivity contribution in [2.24, 2.45) is 5.92 Å². The molecule has 7 nitrogen and oxygen atoms in total. The van der Waals surface area contributed by atoms with Gasteiger partial charge in [-0.25, -0.2) is 0 Å². The van der Waals surface area contributed by atoms with Crippen LogP contribution in [0.3, 0.4) is 0 Å². The first-order valence-electron chi connectivity index (χ1n) is 8.17. The second-order valence-electron chi connectivity index (χ2n) is 6.33. The average molecular weight is 332 g/mol. The fraction of sp³-hybridized carbons (Fsp3) is 0.529. The van der Waals surface area contributed by atoms with Gasteiger partial charge in [-0.05, 0) is 18.1 Å². The predicted octanol–water partition coefficient (Wildman–Crippen LogP) is 0.772. The summed E-state index contributed by atoms with van der Waals surface area (Å²) in [6.07, 6.45) is 1.48. The van der Waals surface area contributed by atoms with Crippen LogP contribution >= 0.6 is 0 Å². The Hall–Kier alpha value is -2.44. The summed E-state index contributed by atoms with van der Waals surface area (Å²) in [5.41, 5.74) is 0.680. The van der Waals surface area contributed by atoms with Gasteiger partial charge in [0.15, 0.2) is 0 Å². The van der Waals surface area contributed by atoms with Gasteiger partial charge in [0.05, 0.1) is 0 Å². The molecule has 1 aromatic rings. The molecule has 3 amide bonds. The van der Waals surface area contributed by atoms with Crippen LogP contribution < -0.4 is 5.32 Å². The second-order valence-corrected chi connectivity index (χ2v) is 6.33. The summed E-state index contributed by atoms with van der Waals surface area (Å²) in [5, 5.41) is 2.79. The van der Waals surface area contributed by atoms with E-state index in [0.29, 0.717) is 44.2 Å². The number of piperazine rings is 1. The molecule has 1 N–H and O–H groups in total. The first-order valence-corrected chi connectivity index (χ1v) is 8.17. The first-order chi connectivity index (χ1) is 11.4. The van der Waals surface area contributed by atoms with Crippen molar-refractivity contribution < 1.29 is 14.4 Å². The van der Waals surface area contributed by atoms with E-state index in [4.69, 9.17) is 0 Å². The molecule has 0 aromatic carbocycles. The zero-order valence-corrected chi connectivity index (χ0v) is 14.4. The Bertz CT molecular complexity index is 622. The van der Waals surface area contributed by atoms with Crippen molar-refractivity contribution >= 4 is 17.7 Å². The minimum atomic E-state index is -0.278.